The van der Waals surface area contributed by atoms with E-state index < -0.39 is 31.4 Å². The molecule has 0 radical (unpaired) electrons. The number of aliphatic hydroxyl groups excluding tert-OH is 1. The molecule has 1 unspecified atom stereocenters. The van der Waals surface area contributed by atoms with Crippen molar-refractivity contribution in [3.05, 3.63) is 32.6 Å². The Labute approximate surface area is 144 Å². The Morgan fingerprint density at radius 3 is 2.84 bits per heavy atom. The predicted octanol–water partition coefficient (Wildman–Crippen LogP) is 0.429. The Balaban J connectivity index is 1.85. The number of aryl methyl sites for hydroxylation is 1. The van der Waals surface area contributed by atoms with Gasteiger partial charge in [-0.2, -0.15) is 0 Å². The van der Waals surface area contributed by atoms with E-state index in [0.717, 1.165) is 0 Å². The summed E-state index contributed by atoms with van der Waals surface area (Å²) in [4.78, 5) is 35.0. The zero-order valence-corrected chi connectivity index (χ0v) is 14.8. The van der Waals surface area contributed by atoms with Crippen LogP contribution in [0.15, 0.2) is 15.8 Å². The summed E-state index contributed by atoms with van der Waals surface area (Å²) >= 11 is 0. The zero-order valence-electron chi connectivity index (χ0n) is 13.9. The molecule has 11 heteroatoms. The van der Waals surface area contributed by atoms with Gasteiger partial charge >= 0.3 is 13.5 Å². The number of hydrogen-bond acceptors (Lipinski definition) is 7. The van der Waals surface area contributed by atoms with Crippen molar-refractivity contribution in [1.82, 2.24) is 9.55 Å². The van der Waals surface area contributed by atoms with Gasteiger partial charge in [0.15, 0.2) is 0 Å². The molecule has 1 aliphatic heterocycles. The fourth-order valence-corrected chi connectivity index (χ4v) is 3.21. The van der Waals surface area contributed by atoms with Crippen LogP contribution < -0.4 is 11.2 Å². The number of aromatic amines is 1. The molecule has 0 bridgehead atoms. The number of phosphoric ester groups is 1. The fraction of sp³-hybridized carbons (Fsp3) is 0.714. The smallest absolute Gasteiger partial charge is 0.396 e. The third-order valence-electron chi connectivity index (χ3n) is 3.77. The van der Waals surface area contributed by atoms with Gasteiger partial charge in [-0.25, -0.2) is 9.36 Å². The highest BCUT2D eigenvalue weighted by molar-refractivity contribution is 7.47. The number of ether oxygens (including phenoxy) is 1. The quantitative estimate of drug-likeness (QED) is 0.415. The highest BCUT2D eigenvalue weighted by Crippen LogP contribution is 2.44. The molecule has 3 N–H and O–H groups in total. The summed E-state index contributed by atoms with van der Waals surface area (Å²) in [5, 5.41) is 8.63. The van der Waals surface area contributed by atoms with E-state index in [2.05, 4.69) is 4.98 Å². The molecule has 10 nitrogen and oxygen atoms in total. The van der Waals surface area contributed by atoms with Gasteiger partial charge in [0.1, 0.15) is 6.23 Å². The van der Waals surface area contributed by atoms with Crippen molar-refractivity contribution >= 4 is 7.82 Å². The van der Waals surface area contributed by atoms with Gasteiger partial charge < -0.3 is 14.7 Å². The molecule has 0 amide bonds. The molecular weight excluding hydrogens is 355 g/mol. The monoisotopic (exact) mass is 378 g/mol. The van der Waals surface area contributed by atoms with Gasteiger partial charge in [0.05, 0.1) is 19.3 Å². The standard InChI is InChI=1S/C14H23N2O8P/c1-10-8-16(14(19)15-13(10)18)12-5-4-11(24-12)9-23-25(20,21)22-7-3-2-6-17/h8,11-12,17H,2-7,9H2,1H3,(H,20,21)(H,15,18,19)/t11-,12+/m0/s1. The molecule has 2 heterocycles. The molecule has 25 heavy (non-hydrogen) atoms. The Kier molecular flexibility index (Phi) is 7.12. The fourth-order valence-electron chi connectivity index (χ4n) is 2.42. The largest absolute Gasteiger partial charge is 0.472 e. The number of aliphatic hydroxyl groups is 1. The van der Waals surface area contributed by atoms with Gasteiger partial charge in [0.25, 0.3) is 5.56 Å². The lowest BCUT2D eigenvalue weighted by Crippen LogP contribution is -2.33. The predicted molar refractivity (Wildman–Crippen MR) is 87.3 cm³/mol. The maximum absolute atomic E-state index is 11.8. The number of rotatable bonds is 9. The van der Waals surface area contributed by atoms with E-state index in [0.29, 0.717) is 31.2 Å². The summed E-state index contributed by atoms with van der Waals surface area (Å²) in [6.45, 7) is 1.43. The Morgan fingerprint density at radius 1 is 1.36 bits per heavy atom. The van der Waals surface area contributed by atoms with Crippen molar-refractivity contribution in [3.63, 3.8) is 0 Å². The average Bonchev–Trinajstić information content (AvgIpc) is 3.02. The van der Waals surface area contributed by atoms with Crippen LogP contribution in [-0.4, -0.2) is 45.5 Å². The first-order chi connectivity index (χ1) is 11.8. The lowest BCUT2D eigenvalue weighted by atomic mass is 10.2. The van der Waals surface area contributed by atoms with Gasteiger partial charge in [-0.1, -0.05) is 0 Å². The summed E-state index contributed by atoms with van der Waals surface area (Å²) in [6.07, 6.45) is 2.34. The highest BCUT2D eigenvalue weighted by atomic mass is 31.2. The maximum atomic E-state index is 11.8. The number of nitrogens with zero attached hydrogens (tertiary/aromatic N) is 1. The third-order valence-corrected chi connectivity index (χ3v) is 4.76. The van der Waals surface area contributed by atoms with Gasteiger partial charge in [-0.3, -0.25) is 23.4 Å². The van der Waals surface area contributed by atoms with Crippen LogP contribution in [-0.2, 0) is 18.3 Å². The van der Waals surface area contributed by atoms with Crippen LogP contribution in [0.2, 0.25) is 0 Å². The molecule has 0 aromatic carbocycles. The lowest BCUT2D eigenvalue weighted by Gasteiger charge is -2.17. The van der Waals surface area contributed by atoms with Crippen molar-refractivity contribution in [2.24, 2.45) is 0 Å². The molecule has 0 spiro atoms. The van der Waals surface area contributed by atoms with E-state index in [4.69, 9.17) is 18.9 Å². The van der Waals surface area contributed by atoms with Crippen LogP contribution in [0.3, 0.4) is 0 Å². The minimum atomic E-state index is -4.18. The molecule has 1 saturated heterocycles. The summed E-state index contributed by atoms with van der Waals surface area (Å²) in [5.41, 5.74) is -0.625. The lowest BCUT2D eigenvalue weighted by molar-refractivity contribution is -0.0261. The van der Waals surface area contributed by atoms with E-state index in [1.807, 2.05) is 0 Å². The van der Waals surface area contributed by atoms with Crippen LogP contribution in [0, 0.1) is 6.92 Å². The third kappa shape index (κ3) is 5.88. The van der Waals surface area contributed by atoms with E-state index in [9.17, 15) is 19.0 Å². The van der Waals surface area contributed by atoms with Crippen molar-refractivity contribution in [2.75, 3.05) is 19.8 Å². The van der Waals surface area contributed by atoms with Crippen LogP contribution in [0.1, 0.15) is 37.5 Å². The highest BCUT2D eigenvalue weighted by Gasteiger charge is 2.30. The second kappa shape index (κ2) is 8.88. The summed E-state index contributed by atoms with van der Waals surface area (Å²) in [5.74, 6) is 0. The zero-order chi connectivity index (χ0) is 18.4. The van der Waals surface area contributed by atoms with Gasteiger partial charge in [-0.15, -0.1) is 0 Å². The van der Waals surface area contributed by atoms with Crippen molar-refractivity contribution < 1.29 is 28.3 Å². The second-order valence-electron chi connectivity index (χ2n) is 5.80. The van der Waals surface area contributed by atoms with E-state index >= 15 is 0 Å². The first kappa shape index (κ1) is 20.0. The number of aromatic nitrogens is 2. The van der Waals surface area contributed by atoms with E-state index in [1.54, 1.807) is 6.92 Å². The Hall–Kier alpha value is -1.29. The molecule has 0 saturated carbocycles. The number of H-pyrrole nitrogens is 1. The first-order valence-electron chi connectivity index (χ1n) is 8.02. The van der Waals surface area contributed by atoms with Crippen LogP contribution >= 0.6 is 7.82 Å². The van der Waals surface area contributed by atoms with Crippen LogP contribution in [0.5, 0.6) is 0 Å². The topological polar surface area (TPSA) is 140 Å². The normalized spacial score (nSPS) is 22.8. The van der Waals surface area contributed by atoms with Crippen LogP contribution in [0.25, 0.3) is 0 Å². The Morgan fingerprint density at radius 2 is 2.12 bits per heavy atom. The minimum absolute atomic E-state index is 0.00847. The van der Waals surface area contributed by atoms with Crippen LogP contribution in [0.4, 0.5) is 0 Å². The van der Waals surface area contributed by atoms with Crippen molar-refractivity contribution in [2.45, 2.75) is 44.9 Å². The summed E-state index contributed by atoms with van der Waals surface area (Å²) < 4.78 is 28.4. The van der Waals surface area contributed by atoms with Crippen molar-refractivity contribution in [3.8, 4) is 0 Å². The molecule has 1 fully saturated rings. The van der Waals surface area contributed by atoms with Gasteiger partial charge in [0.2, 0.25) is 0 Å². The maximum Gasteiger partial charge on any atom is 0.472 e. The summed E-state index contributed by atoms with van der Waals surface area (Å²) in [7, 11) is -4.18. The van der Waals surface area contributed by atoms with Gasteiger partial charge in [-0.05, 0) is 32.6 Å². The number of unbranched alkanes of at least 4 members (excludes halogenated alkanes) is 1. The average molecular weight is 378 g/mol. The number of phosphoric acid groups is 1. The first-order valence-corrected chi connectivity index (χ1v) is 9.52. The molecule has 1 aromatic rings. The molecule has 2 rings (SSSR count). The molecule has 1 aromatic heterocycles. The molecular formula is C14H23N2O8P. The minimum Gasteiger partial charge on any atom is -0.396 e. The van der Waals surface area contributed by atoms with E-state index in [-0.39, 0.29) is 19.8 Å². The van der Waals surface area contributed by atoms with Crippen molar-refractivity contribution in [1.29, 1.82) is 0 Å². The summed E-state index contributed by atoms with van der Waals surface area (Å²) in [6, 6.07) is 0. The Bertz CT molecular complexity index is 730. The molecule has 0 aliphatic carbocycles. The van der Waals surface area contributed by atoms with Gasteiger partial charge in [0, 0.05) is 18.4 Å². The molecule has 3 atom stereocenters. The SMILES string of the molecule is Cc1cn([C@H]2CC[C@@H](COP(=O)(O)OCCCCO)O2)c(=O)[nH]c1=O. The molecule has 1 aliphatic rings. The number of hydrogen-bond donors (Lipinski definition) is 3. The second-order valence-corrected chi connectivity index (χ2v) is 7.25. The molecule has 142 valence electrons. The number of nitrogens with one attached hydrogen (secondary N) is 1. The van der Waals surface area contributed by atoms with E-state index in [1.165, 1.54) is 10.8 Å².